The molecule has 0 radical (unpaired) electrons. The quantitative estimate of drug-likeness (QED) is 0.800. The van der Waals surface area contributed by atoms with Gasteiger partial charge in [0.15, 0.2) is 0 Å². The summed E-state index contributed by atoms with van der Waals surface area (Å²) in [5, 5.41) is 4.35. The fourth-order valence-corrected chi connectivity index (χ4v) is 2.68. The molecule has 1 aliphatic rings. The lowest BCUT2D eigenvalue weighted by Crippen LogP contribution is -2.13. The minimum atomic E-state index is -0.192. The number of nitrogens with one attached hydrogen (secondary N) is 1. The highest BCUT2D eigenvalue weighted by atomic mass is 35.5. The van der Waals surface area contributed by atoms with Crippen molar-refractivity contribution in [3.05, 3.63) is 64.4 Å². The largest absolute Gasteiger partial charge is 0.378 e. The maximum absolute atomic E-state index is 13.1. The van der Waals surface area contributed by atoms with Crippen molar-refractivity contribution >= 4 is 17.3 Å². The zero-order chi connectivity index (χ0) is 14.1. The number of anilines is 1. The monoisotopic (exact) mass is 289 g/mol. The van der Waals surface area contributed by atoms with Gasteiger partial charge in [-0.15, -0.1) is 0 Å². The van der Waals surface area contributed by atoms with Crippen LogP contribution >= 0.6 is 11.6 Å². The number of halogens is 2. The average Bonchev–Trinajstić information content (AvgIpc) is 3.26. The summed E-state index contributed by atoms with van der Waals surface area (Å²) >= 11 is 6.17. The van der Waals surface area contributed by atoms with Gasteiger partial charge in [0.2, 0.25) is 0 Å². The predicted octanol–water partition coefficient (Wildman–Crippen LogP) is 5.35. The van der Waals surface area contributed by atoms with Gasteiger partial charge in [-0.1, -0.05) is 29.8 Å². The minimum absolute atomic E-state index is 0.192. The Bertz CT molecular complexity index is 605. The van der Waals surface area contributed by atoms with E-state index in [2.05, 4.69) is 5.32 Å². The summed E-state index contributed by atoms with van der Waals surface area (Å²) < 4.78 is 13.1. The van der Waals surface area contributed by atoms with E-state index in [0.717, 1.165) is 21.8 Å². The third-order valence-electron chi connectivity index (χ3n) is 3.90. The maximum Gasteiger partial charge on any atom is 0.123 e. The van der Waals surface area contributed by atoms with E-state index in [4.69, 9.17) is 11.6 Å². The van der Waals surface area contributed by atoms with Crippen molar-refractivity contribution in [2.75, 3.05) is 5.32 Å². The fraction of sp³-hybridized carbons (Fsp3) is 0.294. The molecule has 0 aliphatic heterocycles. The summed E-state index contributed by atoms with van der Waals surface area (Å²) in [6.07, 6.45) is 2.43. The van der Waals surface area contributed by atoms with Crippen LogP contribution in [0.4, 0.5) is 10.1 Å². The maximum atomic E-state index is 13.1. The Kier molecular flexibility index (Phi) is 3.66. The van der Waals surface area contributed by atoms with Crippen molar-refractivity contribution in [3.63, 3.8) is 0 Å². The average molecular weight is 290 g/mol. The van der Waals surface area contributed by atoms with Crippen LogP contribution in [-0.4, -0.2) is 0 Å². The van der Waals surface area contributed by atoms with Crippen molar-refractivity contribution in [2.24, 2.45) is 5.92 Å². The molecule has 20 heavy (non-hydrogen) atoms. The zero-order valence-electron chi connectivity index (χ0n) is 11.4. The summed E-state index contributed by atoms with van der Waals surface area (Å²) in [5.74, 6) is 0.432. The van der Waals surface area contributed by atoms with Crippen LogP contribution in [0.5, 0.6) is 0 Å². The Morgan fingerprint density at radius 3 is 2.50 bits per heavy atom. The van der Waals surface area contributed by atoms with Gasteiger partial charge in [-0.25, -0.2) is 4.39 Å². The van der Waals surface area contributed by atoms with Crippen LogP contribution in [-0.2, 0) is 0 Å². The fourth-order valence-electron chi connectivity index (χ4n) is 2.50. The molecule has 3 heteroatoms. The second kappa shape index (κ2) is 5.45. The first kappa shape index (κ1) is 13.4. The van der Waals surface area contributed by atoms with Gasteiger partial charge < -0.3 is 5.32 Å². The molecular formula is C17H17ClFN. The zero-order valence-corrected chi connectivity index (χ0v) is 12.1. The van der Waals surface area contributed by atoms with Crippen molar-refractivity contribution < 1.29 is 4.39 Å². The van der Waals surface area contributed by atoms with Gasteiger partial charge in [-0.05, 0) is 61.1 Å². The first-order chi connectivity index (χ1) is 9.65. The van der Waals surface area contributed by atoms with Crippen molar-refractivity contribution in [1.82, 2.24) is 0 Å². The van der Waals surface area contributed by atoms with E-state index in [9.17, 15) is 4.39 Å². The molecule has 0 bridgehead atoms. The van der Waals surface area contributed by atoms with Crippen LogP contribution in [0, 0.1) is 18.7 Å². The van der Waals surface area contributed by atoms with Crippen molar-refractivity contribution in [3.8, 4) is 0 Å². The van der Waals surface area contributed by atoms with Gasteiger partial charge in [0.05, 0.1) is 6.04 Å². The van der Waals surface area contributed by atoms with Crippen LogP contribution in [0.15, 0.2) is 42.5 Å². The number of hydrogen-bond acceptors (Lipinski definition) is 1. The lowest BCUT2D eigenvalue weighted by Gasteiger charge is -2.22. The molecule has 104 valence electrons. The molecule has 1 N–H and O–H groups in total. The van der Waals surface area contributed by atoms with Gasteiger partial charge in [0.25, 0.3) is 0 Å². The molecule has 0 heterocycles. The summed E-state index contributed by atoms with van der Waals surface area (Å²) in [4.78, 5) is 0. The lowest BCUT2D eigenvalue weighted by molar-refractivity contribution is 0.622. The number of rotatable bonds is 4. The van der Waals surface area contributed by atoms with Crippen LogP contribution in [0.2, 0.25) is 5.02 Å². The summed E-state index contributed by atoms with van der Waals surface area (Å²) in [7, 11) is 0. The molecule has 0 saturated heterocycles. The Morgan fingerprint density at radius 1 is 1.15 bits per heavy atom. The lowest BCUT2D eigenvalue weighted by atomic mass is 10.0. The molecule has 3 rings (SSSR count). The SMILES string of the molecule is Cc1c(Cl)cccc1NC(c1ccc(F)cc1)C1CC1. The van der Waals surface area contributed by atoms with Gasteiger partial charge in [0.1, 0.15) is 5.82 Å². The molecule has 2 aromatic rings. The van der Waals surface area contributed by atoms with E-state index >= 15 is 0 Å². The van der Waals surface area contributed by atoms with Crippen LogP contribution in [0.1, 0.15) is 30.0 Å². The molecule has 1 aliphatic carbocycles. The molecule has 1 unspecified atom stereocenters. The van der Waals surface area contributed by atoms with Crippen LogP contribution in [0.25, 0.3) is 0 Å². The summed E-state index contributed by atoms with van der Waals surface area (Å²) in [6, 6.07) is 12.9. The minimum Gasteiger partial charge on any atom is -0.378 e. The van der Waals surface area contributed by atoms with Crippen LogP contribution < -0.4 is 5.32 Å². The Labute approximate surface area is 123 Å². The first-order valence-corrected chi connectivity index (χ1v) is 7.30. The normalized spacial score (nSPS) is 15.9. The Morgan fingerprint density at radius 2 is 1.85 bits per heavy atom. The highest BCUT2D eigenvalue weighted by Crippen LogP contribution is 2.43. The van der Waals surface area contributed by atoms with Gasteiger partial charge in [0, 0.05) is 10.7 Å². The third kappa shape index (κ3) is 2.80. The van der Waals surface area contributed by atoms with E-state index in [-0.39, 0.29) is 11.9 Å². The predicted molar refractivity (Wildman–Crippen MR) is 81.7 cm³/mol. The Hall–Kier alpha value is -1.54. The highest BCUT2D eigenvalue weighted by molar-refractivity contribution is 6.31. The number of benzene rings is 2. The van der Waals surface area contributed by atoms with Crippen LogP contribution in [0.3, 0.4) is 0 Å². The van der Waals surface area contributed by atoms with E-state index in [1.54, 1.807) is 0 Å². The van der Waals surface area contributed by atoms with Crippen molar-refractivity contribution in [2.45, 2.75) is 25.8 Å². The van der Waals surface area contributed by atoms with E-state index < -0.39 is 0 Å². The standard InChI is InChI=1S/C17H17ClFN/c1-11-15(18)3-2-4-16(11)20-17(12-5-6-12)13-7-9-14(19)10-8-13/h2-4,7-10,12,17,20H,5-6H2,1H3. The van der Waals surface area contributed by atoms with E-state index in [1.807, 2.05) is 37.3 Å². The molecule has 0 spiro atoms. The number of hydrogen-bond donors (Lipinski definition) is 1. The molecule has 2 aromatic carbocycles. The van der Waals surface area contributed by atoms with Gasteiger partial charge in [-0.2, -0.15) is 0 Å². The molecule has 1 fully saturated rings. The topological polar surface area (TPSA) is 12.0 Å². The second-order valence-electron chi connectivity index (χ2n) is 5.42. The third-order valence-corrected chi connectivity index (χ3v) is 4.31. The summed E-state index contributed by atoms with van der Waals surface area (Å²) in [5.41, 5.74) is 3.24. The second-order valence-corrected chi connectivity index (χ2v) is 5.83. The van der Waals surface area contributed by atoms with E-state index in [0.29, 0.717) is 5.92 Å². The molecule has 0 aromatic heterocycles. The van der Waals surface area contributed by atoms with Crippen molar-refractivity contribution in [1.29, 1.82) is 0 Å². The smallest absolute Gasteiger partial charge is 0.123 e. The highest BCUT2D eigenvalue weighted by Gasteiger charge is 2.32. The molecule has 0 amide bonds. The molecule has 1 nitrogen and oxygen atoms in total. The van der Waals surface area contributed by atoms with E-state index in [1.165, 1.54) is 25.0 Å². The van der Waals surface area contributed by atoms with Gasteiger partial charge >= 0.3 is 0 Å². The van der Waals surface area contributed by atoms with Gasteiger partial charge in [-0.3, -0.25) is 0 Å². The Balaban J connectivity index is 1.88. The molecular weight excluding hydrogens is 273 g/mol. The molecule has 1 atom stereocenters. The first-order valence-electron chi connectivity index (χ1n) is 6.92. The molecule has 1 saturated carbocycles. The summed E-state index contributed by atoms with van der Waals surface area (Å²) in [6.45, 7) is 2.01.